The third-order valence-electron chi connectivity index (χ3n) is 3.21. The van der Waals surface area contributed by atoms with Crippen LogP contribution in [-0.4, -0.2) is 43.8 Å². The first kappa shape index (κ1) is 12.8. The summed E-state index contributed by atoms with van der Waals surface area (Å²) in [6.07, 6.45) is 0.139. The molecule has 2 aliphatic rings. The molecule has 0 aromatic heterocycles. The van der Waals surface area contributed by atoms with Crippen molar-refractivity contribution in [1.29, 1.82) is 0 Å². The fraction of sp³-hybridized carbons (Fsp3) is 0.917. The van der Waals surface area contributed by atoms with Gasteiger partial charge in [-0.25, -0.2) is 0 Å². The Labute approximate surface area is 101 Å². The Bertz CT molecular complexity index is 293. The van der Waals surface area contributed by atoms with Gasteiger partial charge in [0.25, 0.3) is 0 Å². The zero-order valence-corrected chi connectivity index (χ0v) is 10.6. The van der Waals surface area contributed by atoms with Crippen molar-refractivity contribution in [3.8, 4) is 0 Å². The normalized spacial score (nSPS) is 41.0. The molecular formula is C12H20O5. The third-order valence-corrected chi connectivity index (χ3v) is 3.21. The van der Waals surface area contributed by atoms with E-state index in [0.717, 1.165) is 0 Å². The van der Waals surface area contributed by atoms with Gasteiger partial charge >= 0.3 is 5.97 Å². The molecule has 98 valence electrons. The molecule has 0 saturated carbocycles. The highest BCUT2D eigenvalue weighted by Gasteiger charge is 2.47. The van der Waals surface area contributed by atoms with Crippen molar-refractivity contribution in [1.82, 2.24) is 0 Å². The minimum Gasteiger partial charge on any atom is -0.466 e. The first-order valence-corrected chi connectivity index (χ1v) is 6.13. The number of hydrogen-bond donors (Lipinski definition) is 0. The van der Waals surface area contributed by atoms with Crippen LogP contribution in [0, 0.1) is 5.92 Å². The zero-order valence-electron chi connectivity index (χ0n) is 10.6. The van der Waals surface area contributed by atoms with Crippen LogP contribution in [-0.2, 0) is 23.7 Å². The molecule has 17 heavy (non-hydrogen) atoms. The van der Waals surface area contributed by atoms with Gasteiger partial charge in [-0.1, -0.05) is 6.92 Å². The first-order valence-electron chi connectivity index (χ1n) is 6.13. The molecule has 2 aliphatic heterocycles. The van der Waals surface area contributed by atoms with Crippen LogP contribution in [0.1, 0.15) is 27.2 Å². The molecule has 0 amide bonds. The average molecular weight is 244 g/mol. The van der Waals surface area contributed by atoms with Crippen LogP contribution >= 0.6 is 0 Å². The van der Waals surface area contributed by atoms with Gasteiger partial charge in [0.1, 0.15) is 6.10 Å². The second kappa shape index (κ2) is 4.92. The number of rotatable bonds is 3. The Morgan fingerprint density at radius 1 is 1.47 bits per heavy atom. The molecule has 2 heterocycles. The van der Waals surface area contributed by atoms with Crippen molar-refractivity contribution in [2.24, 2.45) is 5.92 Å². The maximum Gasteiger partial charge on any atom is 0.311 e. The number of fused-ring (bicyclic) bond motifs is 1. The number of ether oxygens (including phenoxy) is 4. The Balaban J connectivity index is 1.95. The van der Waals surface area contributed by atoms with E-state index >= 15 is 0 Å². The number of hydrogen-bond acceptors (Lipinski definition) is 5. The lowest BCUT2D eigenvalue weighted by Crippen LogP contribution is -2.50. The lowest BCUT2D eigenvalue weighted by atomic mass is 10.0. The van der Waals surface area contributed by atoms with Gasteiger partial charge in [0.05, 0.1) is 32.3 Å². The second-order valence-corrected chi connectivity index (χ2v) is 4.86. The molecule has 5 heteroatoms. The van der Waals surface area contributed by atoms with Gasteiger partial charge in [0.2, 0.25) is 0 Å². The summed E-state index contributed by atoms with van der Waals surface area (Å²) in [5.74, 6) is -0.833. The molecule has 2 fully saturated rings. The average Bonchev–Trinajstić information content (AvgIpc) is 2.60. The fourth-order valence-electron chi connectivity index (χ4n) is 2.31. The number of carbonyl (C=O) groups is 1. The Morgan fingerprint density at radius 3 is 2.94 bits per heavy atom. The molecule has 0 spiro atoms. The van der Waals surface area contributed by atoms with Crippen molar-refractivity contribution >= 4 is 5.97 Å². The SMILES string of the molecule is CCOC(=O)C[C@@]1(C)OC[C@H]2OCC(C)[C@H]2O1. The maximum atomic E-state index is 11.5. The molecule has 0 bridgehead atoms. The van der Waals surface area contributed by atoms with Gasteiger partial charge in [0, 0.05) is 5.92 Å². The largest absolute Gasteiger partial charge is 0.466 e. The third kappa shape index (κ3) is 2.78. The molecule has 2 rings (SSSR count). The summed E-state index contributed by atoms with van der Waals surface area (Å²) in [7, 11) is 0. The van der Waals surface area contributed by atoms with Crippen molar-refractivity contribution in [3.05, 3.63) is 0 Å². The highest BCUT2D eigenvalue weighted by Crippen LogP contribution is 2.35. The zero-order chi connectivity index (χ0) is 12.5. The van der Waals surface area contributed by atoms with Crippen LogP contribution in [0.15, 0.2) is 0 Å². The molecule has 1 unspecified atom stereocenters. The van der Waals surface area contributed by atoms with Gasteiger partial charge in [-0.15, -0.1) is 0 Å². The predicted octanol–water partition coefficient (Wildman–Crippen LogP) is 1.11. The van der Waals surface area contributed by atoms with Gasteiger partial charge in [-0.3, -0.25) is 4.79 Å². The molecular weight excluding hydrogens is 224 g/mol. The van der Waals surface area contributed by atoms with Crippen molar-refractivity contribution in [3.63, 3.8) is 0 Å². The molecule has 0 aromatic carbocycles. The van der Waals surface area contributed by atoms with Crippen molar-refractivity contribution in [2.75, 3.05) is 19.8 Å². The maximum absolute atomic E-state index is 11.5. The second-order valence-electron chi connectivity index (χ2n) is 4.86. The van der Waals surface area contributed by atoms with Crippen molar-refractivity contribution in [2.45, 2.75) is 45.2 Å². The van der Waals surface area contributed by atoms with Crippen LogP contribution in [0.2, 0.25) is 0 Å². The number of carbonyl (C=O) groups excluding carboxylic acids is 1. The summed E-state index contributed by atoms with van der Waals surface area (Å²) >= 11 is 0. The summed E-state index contributed by atoms with van der Waals surface area (Å²) in [5, 5.41) is 0. The topological polar surface area (TPSA) is 54.0 Å². The van der Waals surface area contributed by atoms with E-state index in [0.29, 0.717) is 25.7 Å². The summed E-state index contributed by atoms with van der Waals surface area (Å²) in [6, 6.07) is 0. The Kier molecular flexibility index (Phi) is 3.70. The standard InChI is InChI=1S/C12H20O5/c1-4-14-10(13)5-12(3)16-7-9-11(17-12)8(2)6-15-9/h8-9,11H,4-7H2,1-3H3/t8?,9-,11-,12+/m1/s1. The van der Waals surface area contributed by atoms with E-state index in [9.17, 15) is 4.79 Å². The molecule has 0 aliphatic carbocycles. The minimum absolute atomic E-state index is 0.000251. The van der Waals surface area contributed by atoms with Crippen LogP contribution in [0.25, 0.3) is 0 Å². The molecule has 5 nitrogen and oxygen atoms in total. The van der Waals surface area contributed by atoms with Crippen LogP contribution in [0.3, 0.4) is 0 Å². The van der Waals surface area contributed by atoms with Crippen molar-refractivity contribution < 1.29 is 23.7 Å². The van der Waals surface area contributed by atoms with E-state index in [-0.39, 0.29) is 24.6 Å². The van der Waals surface area contributed by atoms with Crippen LogP contribution in [0.4, 0.5) is 0 Å². The number of esters is 1. The van der Waals surface area contributed by atoms with E-state index in [4.69, 9.17) is 18.9 Å². The fourth-order valence-corrected chi connectivity index (χ4v) is 2.31. The highest BCUT2D eigenvalue weighted by molar-refractivity contribution is 5.70. The molecule has 4 atom stereocenters. The van der Waals surface area contributed by atoms with E-state index < -0.39 is 5.79 Å². The smallest absolute Gasteiger partial charge is 0.311 e. The summed E-state index contributed by atoms with van der Waals surface area (Å²) in [5.41, 5.74) is 0. The molecule has 0 aromatic rings. The highest BCUT2D eigenvalue weighted by atomic mass is 16.7. The first-order chi connectivity index (χ1) is 8.04. The summed E-state index contributed by atoms with van der Waals surface area (Å²) in [6.45, 7) is 7.19. The molecule has 0 radical (unpaired) electrons. The van der Waals surface area contributed by atoms with Gasteiger partial charge < -0.3 is 18.9 Å². The Morgan fingerprint density at radius 2 is 2.24 bits per heavy atom. The van der Waals surface area contributed by atoms with E-state index in [1.807, 2.05) is 0 Å². The van der Waals surface area contributed by atoms with Gasteiger partial charge in [-0.05, 0) is 13.8 Å². The predicted molar refractivity (Wildman–Crippen MR) is 59.4 cm³/mol. The Hall–Kier alpha value is -0.650. The van der Waals surface area contributed by atoms with E-state index in [1.54, 1.807) is 13.8 Å². The van der Waals surface area contributed by atoms with Crippen LogP contribution < -0.4 is 0 Å². The lowest BCUT2D eigenvalue weighted by Gasteiger charge is -2.40. The summed E-state index contributed by atoms with van der Waals surface area (Å²) in [4.78, 5) is 11.5. The minimum atomic E-state index is -0.880. The van der Waals surface area contributed by atoms with Gasteiger partial charge in [0.15, 0.2) is 5.79 Å². The quantitative estimate of drug-likeness (QED) is 0.696. The molecule has 2 saturated heterocycles. The van der Waals surface area contributed by atoms with Gasteiger partial charge in [-0.2, -0.15) is 0 Å². The molecule has 0 N–H and O–H groups in total. The van der Waals surface area contributed by atoms with E-state index in [1.165, 1.54) is 0 Å². The van der Waals surface area contributed by atoms with Crippen LogP contribution in [0.5, 0.6) is 0 Å². The summed E-state index contributed by atoms with van der Waals surface area (Å²) < 4.78 is 21.9. The van der Waals surface area contributed by atoms with E-state index in [2.05, 4.69) is 6.92 Å². The lowest BCUT2D eigenvalue weighted by molar-refractivity contribution is -0.306. The monoisotopic (exact) mass is 244 g/mol.